The summed E-state index contributed by atoms with van der Waals surface area (Å²) in [6.07, 6.45) is 58.4. The van der Waals surface area contributed by atoms with Crippen LogP contribution in [-0.4, -0.2) is 96.7 Å². The highest BCUT2D eigenvalue weighted by Crippen LogP contribution is 2.45. The van der Waals surface area contributed by atoms with E-state index in [1.807, 2.05) is 0 Å². The van der Waals surface area contributed by atoms with Crippen molar-refractivity contribution in [2.45, 2.75) is 355 Å². The van der Waals surface area contributed by atoms with Crippen molar-refractivity contribution < 1.29 is 80.2 Å². The fourth-order valence-electron chi connectivity index (χ4n) is 10.3. The number of phosphoric ester groups is 2. The van der Waals surface area contributed by atoms with Crippen molar-refractivity contribution in [3.8, 4) is 0 Å². The lowest BCUT2D eigenvalue weighted by atomic mass is 9.99. The van der Waals surface area contributed by atoms with Gasteiger partial charge in [-0.3, -0.25) is 37.3 Å². The van der Waals surface area contributed by atoms with Crippen molar-refractivity contribution in [1.29, 1.82) is 0 Å². The molecule has 0 aromatic rings. The van der Waals surface area contributed by atoms with Crippen LogP contribution in [0, 0.1) is 11.8 Å². The molecule has 0 bridgehead atoms. The summed E-state index contributed by atoms with van der Waals surface area (Å²) in [7, 11) is -9.94. The van der Waals surface area contributed by atoms with Gasteiger partial charge >= 0.3 is 39.5 Å². The van der Waals surface area contributed by atoms with Gasteiger partial charge < -0.3 is 33.8 Å². The van der Waals surface area contributed by atoms with E-state index < -0.39 is 97.5 Å². The fourth-order valence-corrected chi connectivity index (χ4v) is 11.9. The van der Waals surface area contributed by atoms with Gasteiger partial charge in [0.05, 0.1) is 26.4 Å². The molecule has 0 amide bonds. The number of hydrogen-bond donors (Lipinski definition) is 3. The van der Waals surface area contributed by atoms with Crippen LogP contribution in [-0.2, 0) is 65.4 Å². The third-order valence-electron chi connectivity index (χ3n) is 16.9. The topological polar surface area (TPSA) is 237 Å². The van der Waals surface area contributed by atoms with Crippen molar-refractivity contribution in [1.82, 2.24) is 0 Å². The van der Waals surface area contributed by atoms with Crippen LogP contribution >= 0.6 is 15.6 Å². The maximum atomic E-state index is 13.1. The molecule has 3 N–H and O–H groups in total. The lowest BCUT2D eigenvalue weighted by molar-refractivity contribution is -0.161. The Morgan fingerprint density at radius 1 is 0.340 bits per heavy atom. The zero-order valence-corrected chi connectivity index (χ0v) is 62.0. The first-order valence-electron chi connectivity index (χ1n) is 37.7. The Bertz CT molecular complexity index is 2010. The zero-order chi connectivity index (χ0) is 69.3. The molecule has 0 radical (unpaired) electrons. The molecule has 0 aliphatic carbocycles. The van der Waals surface area contributed by atoms with Gasteiger partial charge in [-0.05, 0) is 88.9 Å². The Hall–Kier alpha value is -2.98. The summed E-state index contributed by atoms with van der Waals surface area (Å²) in [4.78, 5) is 72.7. The Labute approximate surface area is 572 Å². The molecule has 17 nitrogen and oxygen atoms in total. The first kappa shape index (κ1) is 91.0. The average Bonchev–Trinajstić information content (AvgIpc) is 1.22. The van der Waals surface area contributed by atoms with Gasteiger partial charge in [-0.25, -0.2) is 9.13 Å². The van der Waals surface area contributed by atoms with Crippen molar-refractivity contribution >= 4 is 39.5 Å². The number of unbranched alkanes of at least 4 members (excludes halogenated alkanes) is 32. The second-order valence-electron chi connectivity index (χ2n) is 26.1. The molecule has 0 spiro atoms. The molecule has 0 aliphatic heterocycles. The highest BCUT2D eigenvalue weighted by atomic mass is 31.2. The molecule has 0 saturated carbocycles. The molecule has 0 aliphatic rings. The summed E-state index contributed by atoms with van der Waals surface area (Å²) in [5.74, 6) is -0.649. The van der Waals surface area contributed by atoms with Gasteiger partial charge in [0.25, 0.3) is 0 Å². The highest BCUT2D eigenvalue weighted by Gasteiger charge is 2.30. The molecule has 0 saturated heterocycles. The third-order valence-corrected chi connectivity index (χ3v) is 18.8. The molecule has 0 fully saturated rings. The third kappa shape index (κ3) is 65.0. The Morgan fingerprint density at radius 3 is 0.894 bits per heavy atom. The first-order chi connectivity index (χ1) is 45.4. The largest absolute Gasteiger partial charge is 0.472 e. The number of aliphatic hydroxyl groups excluding tert-OH is 1. The lowest BCUT2D eigenvalue weighted by Crippen LogP contribution is -2.30. The number of ether oxygens (including phenoxy) is 4. The summed E-state index contributed by atoms with van der Waals surface area (Å²) in [6.45, 7) is 9.43. The van der Waals surface area contributed by atoms with Crippen LogP contribution in [0.15, 0.2) is 48.6 Å². The molecule has 19 heteroatoms. The standard InChI is InChI=1S/C75H138O17P2/c1-7-11-13-15-17-19-21-23-25-27-29-35-39-47-53-59-74(79)91-70(63-85-72(77)57-51-45-38-34-32-31-33-37-43-49-55-67(5)9-3)65-89-93(81,82)87-61-69(76)62-88-94(83,84)90-66-71(64-86-73(78)58-52-46-42-41-44-50-56-68(6)10-4)92-75(80)60-54-48-40-36-30-28-26-24-22-20-18-16-14-12-8-2/h19-26,67-71,76H,7-18,27-66H2,1-6H3,(H,81,82)(H,83,84)/b21-19-,22-20-,25-23-,26-24-/t67?,68?,69-,70-,71-/m1/s1. The van der Waals surface area contributed by atoms with Crippen LogP contribution < -0.4 is 0 Å². The summed E-state index contributed by atoms with van der Waals surface area (Å²) in [5, 5.41) is 10.6. The van der Waals surface area contributed by atoms with Crippen molar-refractivity contribution in [2.75, 3.05) is 39.6 Å². The van der Waals surface area contributed by atoms with Crippen LogP contribution in [0.1, 0.15) is 337 Å². The molecule has 4 unspecified atom stereocenters. The molecular formula is C75H138O17P2. The number of phosphoric acid groups is 2. The first-order valence-corrected chi connectivity index (χ1v) is 40.7. The summed E-state index contributed by atoms with van der Waals surface area (Å²) >= 11 is 0. The van der Waals surface area contributed by atoms with Gasteiger partial charge in [0, 0.05) is 25.7 Å². The zero-order valence-electron chi connectivity index (χ0n) is 60.2. The minimum absolute atomic E-state index is 0.0814. The van der Waals surface area contributed by atoms with Gasteiger partial charge in [-0.1, -0.05) is 283 Å². The minimum Gasteiger partial charge on any atom is -0.462 e. The number of rotatable bonds is 70. The Kier molecular flexibility index (Phi) is 63.8. The fraction of sp³-hybridized carbons (Fsp3) is 0.840. The number of carbonyl (C=O) groups excluding carboxylic acids is 4. The highest BCUT2D eigenvalue weighted by molar-refractivity contribution is 7.47. The van der Waals surface area contributed by atoms with Crippen molar-refractivity contribution in [3.63, 3.8) is 0 Å². The monoisotopic (exact) mass is 1370 g/mol. The molecule has 550 valence electrons. The average molecular weight is 1370 g/mol. The summed E-state index contributed by atoms with van der Waals surface area (Å²) in [6, 6.07) is 0. The molecule has 94 heavy (non-hydrogen) atoms. The molecule has 0 aromatic carbocycles. The van der Waals surface area contributed by atoms with Crippen LogP contribution in [0.5, 0.6) is 0 Å². The van der Waals surface area contributed by atoms with E-state index in [1.54, 1.807) is 0 Å². The molecular weight excluding hydrogens is 1230 g/mol. The van der Waals surface area contributed by atoms with E-state index in [-0.39, 0.29) is 25.7 Å². The Balaban J connectivity index is 5.34. The lowest BCUT2D eigenvalue weighted by Gasteiger charge is -2.21. The van der Waals surface area contributed by atoms with Crippen molar-refractivity contribution in [2.24, 2.45) is 11.8 Å². The second-order valence-corrected chi connectivity index (χ2v) is 29.1. The number of hydrogen-bond acceptors (Lipinski definition) is 15. The van der Waals surface area contributed by atoms with E-state index in [4.69, 9.17) is 37.0 Å². The van der Waals surface area contributed by atoms with E-state index in [2.05, 4.69) is 90.2 Å². The van der Waals surface area contributed by atoms with E-state index in [1.165, 1.54) is 122 Å². The summed E-state index contributed by atoms with van der Waals surface area (Å²) in [5.41, 5.74) is 0. The SMILES string of the molecule is CCCCCC/C=C\C=C/CCCCCCCC(=O)O[C@H](COC(=O)CCCCCCCCCCCCC(C)CC)COP(=O)(O)OC[C@@H](O)COP(=O)(O)OC[C@@H](COC(=O)CCCCCCCCC(C)CC)OC(=O)CCCCCCC/C=C\C=C/CCCCCC. The molecule has 0 aromatic heterocycles. The van der Waals surface area contributed by atoms with Crippen LogP contribution in [0.2, 0.25) is 0 Å². The number of carbonyl (C=O) groups is 4. The van der Waals surface area contributed by atoms with Crippen LogP contribution in [0.4, 0.5) is 0 Å². The molecule has 0 heterocycles. The number of esters is 4. The number of allylic oxidation sites excluding steroid dienone is 8. The van der Waals surface area contributed by atoms with E-state index in [0.29, 0.717) is 25.7 Å². The van der Waals surface area contributed by atoms with E-state index >= 15 is 0 Å². The normalized spacial score (nSPS) is 14.9. The maximum Gasteiger partial charge on any atom is 0.472 e. The van der Waals surface area contributed by atoms with Gasteiger partial charge in [-0.2, -0.15) is 0 Å². The minimum atomic E-state index is -4.97. The van der Waals surface area contributed by atoms with Crippen molar-refractivity contribution in [3.05, 3.63) is 48.6 Å². The molecule has 0 rings (SSSR count). The Morgan fingerprint density at radius 2 is 0.596 bits per heavy atom. The maximum absolute atomic E-state index is 13.1. The predicted octanol–water partition coefficient (Wildman–Crippen LogP) is 21.0. The van der Waals surface area contributed by atoms with E-state index in [0.717, 1.165) is 134 Å². The van der Waals surface area contributed by atoms with Gasteiger partial charge in [-0.15, -0.1) is 0 Å². The van der Waals surface area contributed by atoms with Gasteiger partial charge in [0.15, 0.2) is 12.2 Å². The second kappa shape index (κ2) is 65.9. The predicted molar refractivity (Wildman–Crippen MR) is 381 cm³/mol. The van der Waals surface area contributed by atoms with Crippen LogP contribution in [0.3, 0.4) is 0 Å². The van der Waals surface area contributed by atoms with Gasteiger partial charge in [0.2, 0.25) is 0 Å². The summed E-state index contributed by atoms with van der Waals surface area (Å²) < 4.78 is 68.4. The number of aliphatic hydroxyl groups is 1. The quantitative estimate of drug-likeness (QED) is 0.0169. The van der Waals surface area contributed by atoms with E-state index in [9.17, 15) is 43.2 Å². The van der Waals surface area contributed by atoms with Gasteiger partial charge in [0.1, 0.15) is 19.3 Å². The van der Waals surface area contributed by atoms with Crippen LogP contribution in [0.25, 0.3) is 0 Å². The smallest absolute Gasteiger partial charge is 0.462 e. The molecule has 7 atom stereocenters.